The van der Waals surface area contributed by atoms with Crippen molar-refractivity contribution < 1.29 is 4.79 Å². The van der Waals surface area contributed by atoms with Crippen molar-refractivity contribution in [2.75, 3.05) is 0 Å². The minimum Gasteiger partial charge on any atom is -0.347 e. The molecule has 0 aliphatic rings. The third kappa shape index (κ3) is 3.90. The number of pyridine rings is 1. The third-order valence-corrected chi connectivity index (χ3v) is 5.20. The van der Waals surface area contributed by atoms with E-state index in [4.69, 9.17) is 0 Å². The van der Waals surface area contributed by atoms with Gasteiger partial charge >= 0.3 is 0 Å². The Bertz CT molecular complexity index is 1240. The molecule has 2 heterocycles. The summed E-state index contributed by atoms with van der Waals surface area (Å²) in [7, 11) is 0. The summed E-state index contributed by atoms with van der Waals surface area (Å²) in [4.78, 5) is 16.6. The van der Waals surface area contributed by atoms with Crippen molar-refractivity contribution >= 4 is 33.9 Å². The van der Waals surface area contributed by atoms with Crippen LogP contribution in [0.3, 0.4) is 0 Å². The highest BCUT2D eigenvalue weighted by Gasteiger charge is 2.09. The topological polar surface area (TPSA) is 59.3 Å². The van der Waals surface area contributed by atoms with Crippen LogP contribution in [0, 0.1) is 20.8 Å². The second kappa shape index (κ2) is 7.87. The highest BCUT2D eigenvalue weighted by Crippen LogP contribution is 2.24. The van der Waals surface area contributed by atoms with Gasteiger partial charge in [-0.25, -0.2) is 5.43 Å². The van der Waals surface area contributed by atoms with Crippen molar-refractivity contribution in [3.63, 3.8) is 0 Å². The fourth-order valence-corrected chi connectivity index (χ4v) is 3.89. The van der Waals surface area contributed by atoms with Gasteiger partial charge in [0, 0.05) is 41.6 Å². The molecule has 0 aliphatic heterocycles. The highest BCUT2D eigenvalue weighted by molar-refractivity contribution is 5.91. The molecule has 1 N–H and O–H groups in total. The van der Waals surface area contributed by atoms with Crippen LogP contribution in [0.25, 0.3) is 21.8 Å². The molecular weight excluding hydrogens is 360 g/mol. The largest absolute Gasteiger partial charge is 0.347 e. The first-order valence-electron chi connectivity index (χ1n) is 9.75. The molecule has 5 nitrogen and oxygen atoms in total. The standard InChI is InChI=1S/C24H24N4O/c1-16-6-4-8-21-23(16)18(3)15-28(21)11-9-22(29)27-26-14-19-12-17(2)24-20(13-19)7-5-10-25-24/h4-8,10,12-15H,9,11H2,1-3H3,(H,27,29)/b26-14-. The van der Waals surface area contributed by atoms with Gasteiger partial charge in [-0.05, 0) is 67.3 Å². The van der Waals surface area contributed by atoms with Gasteiger partial charge in [0.1, 0.15) is 0 Å². The van der Waals surface area contributed by atoms with Gasteiger partial charge in [-0.1, -0.05) is 18.2 Å². The smallest absolute Gasteiger partial charge is 0.241 e. The molecule has 0 saturated heterocycles. The molecule has 146 valence electrons. The molecule has 0 aliphatic carbocycles. The van der Waals surface area contributed by atoms with Crippen molar-refractivity contribution in [2.24, 2.45) is 5.10 Å². The van der Waals surface area contributed by atoms with E-state index in [1.807, 2.05) is 31.2 Å². The lowest BCUT2D eigenvalue weighted by atomic mass is 10.1. The molecule has 4 rings (SSSR count). The molecule has 0 radical (unpaired) electrons. The van der Waals surface area contributed by atoms with Gasteiger partial charge in [0.05, 0.1) is 11.7 Å². The molecule has 1 amide bonds. The van der Waals surface area contributed by atoms with Gasteiger partial charge in [-0.3, -0.25) is 9.78 Å². The Morgan fingerprint density at radius 3 is 2.83 bits per heavy atom. The Morgan fingerprint density at radius 1 is 1.10 bits per heavy atom. The molecule has 4 aromatic rings. The fourth-order valence-electron chi connectivity index (χ4n) is 3.89. The number of aryl methyl sites for hydroxylation is 4. The van der Waals surface area contributed by atoms with E-state index in [1.165, 1.54) is 22.0 Å². The number of aromatic nitrogens is 2. The van der Waals surface area contributed by atoms with Gasteiger partial charge in [-0.2, -0.15) is 5.10 Å². The summed E-state index contributed by atoms with van der Waals surface area (Å²) in [5.74, 6) is -0.104. The lowest BCUT2D eigenvalue weighted by molar-refractivity contribution is -0.121. The summed E-state index contributed by atoms with van der Waals surface area (Å²) >= 11 is 0. The van der Waals surface area contributed by atoms with Gasteiger partial charge in [0.15, 0.2) is 0 Å². The fraction of sp³-hybridized carbons (Fsp3) is 0.208. The van der Waals surface area contributed by atoms with Gasteiger partial charge < -0.3 is 4.57 Å². The molecule has 0 bridgehead atoms. The van der Waals surface area contributed by atoms with Crippen LogP contribution in [-0.4, -0.2) is 21.7 Å². The second-order valence-corrected chi connectivity index (χ2v) is 7.43. The van der Waals surface area contributed by atoms with Crippen molar-refractivity contribution in [1.82, 2.24) is 15.0 Å². The number of carbonyl (C=O) groups is 1. The van der Waals surface area contributed by atoms with Crippen LogP contribution in [0.4, 0.5) is 0 Å². The van der Waals surface area contributed by atoms with Crippen LogP contribution < -0.4 is 5.43 Å². The Balaban J connectivity index is 1.40. The maximum absolute atomic E-state index is 12.2. The van der Waals surface area contributed by atoms with Crippen LogP contribution in [0.1, 0.15) is 28.7 Å². The molecule has 0 unspecified atom stereocenters. The maximum Gasteiger partial charge on any atom is 0.241 e. The van der Waals surface area contributed by atoms with Crippen molar-refractivity contribution in [2.45, 2.75) is 33.7 Å². The number of benzene rings is 2. The SMILES string of the molecule is Cc1cc(/C=N\NC(=O)CCn2cc(C)c3c(C)cccc32)cc2cccnc12. The average Bonchev–Trinajstić information content (AvgIpc) is 3.03. The summed E-state index contributed by atoms with van der Waals surface area (Å²) in [6, 6.07) is 14.2. The summed E-state index contributed by atoms with van der Waals surface area (Å²) in [5.41, 5.74) is 9.30. The maximum atomic E-state index is 12.2. The number of nitrogens with zero attached hydrogens (tertiary/aromatic N) is 3. The molecule has 29 heavy (non-hydrogen) atoms. The minimum atomic E-state index is -0.104. The van der Waals surface area contributed by atoms with E-state index in [2.05, 4.69) is 58.3 Å². The van der Waals surface area contributed by atoms with E-state index in [-0.39, 0.29) is 5.91 Å². The quantitative estimate of drug-likeness (QED) is 0.402. The normalized spacial score (nSPS) is 11.6. The Kier molecular flexibility index (Phi) is 5.12. The second-order valence-electron chi connectivity index (χ2n) is 7.43. The van der Waals surface area contributed by atoms with E-state index in [0.717, 1.165) is 22.0 Å². The predicted octanol–water partition coefficient (Wildman–Crippen LogP) is 4.66. The van der Waals surface area contributed by atoms with Gasteiger partial charge in [-0.15, -0.1) is 0 Å². The zero-order valence-corrected chi connectivity index (χ0v) is 16.9. The zero-order valence-electron chi connectivity index (χ0n) is 16.9. The van der Waals surface area contributed by atoms with E-state index in [0.29, 0.717) is 13.0 Å². The van der Waals surface area contributed by atoms with Crippen LogP contribution in [0.5, 0.6) is 0 Å². The number of hydrogen-bond donors (Lipinski definition) is 1. The molecule has 0 saturated carbocycles. The third-order valence-electron chi connectivity index (χ3n) is 5.20. The minimum absolute atomic E-state index is 0.104. The lowest BCUT2D eigenvalue weighted by Gasteiger charge is -2.06. The molecule has 0 fully saturated rings. The van der Waals surface area contributed by atoms with E-state index in [9.17, 15) is 4.79 Å². The van der Waals surface area contributed by atoms with Crippen LogP contribution >= 0.6 is 0 Å². The van der Waals surface area contributed by atoms with E-state index in [1.54, 1.807) is 12.4 Å². The molecule has 0 atom stereocenters. The molecule has 5 heteroatoms. The Hall–Kier alpha value is -3.47. The number of carbonyl (C=O) groups excluding carboxylic acids is 1. The van der Waals surface area contributed by atoms with Gasteiger partial charge in [0.25, 0.3) is 0 Å². The van der Waals surface area contributed by atoms with Crippen LogP contribution in [0.15, 0.2) is 60.0 Å². The first-order valence-corrected chi connectivity index (χ1v) is 9.75. The van der Waals surface area contributed by atoms with Crippen LogP contribution in [0.2, 0.25) is 0 Å². The first-order chi connectivity index (χ1) is 14.0. The van der Waals surface area contributed by atoms with Crippen molar-refractivity contribution in [1.29, 1.82) is 0 Å². The summed E-state index contributed by atoms with van der Waals surface area (Å²) < 4.78 is 2.14. The van der Waals surface area contributed by atoms with Crippen molar-refractivity contribution in [3.8, 4) is 0 Å². The summed E-state index contributed by atoms with van der Waals surface area (Å²) in [6.07, 6.45) is 5.95. The number of amides is 1. The molecular formula is C24H24N4O. The molecule has 0 spiro atoms. The number of rotatable bonds is 5. The van der Waals surface area contributed by atoms with E-state index < -0.39 is 0 Å². The number of nitrogens with one attached hydrogen (secondary N) is 1. The summed E-state index contributed by atoms with van der Waals surface area (Å²) in [6.45, 7) is 6.87. The predicted molar refractivity (Wildman–Crippen MR) is 118 cm³/mol. The van der Waals surface area contributed by atoms with Crippen molar-refractivity contribution in [3.05, 3.63) is 77.1 Å². The number of hydrogen-bond acceptors (Lipinski definition) is 3. The number of fused-ring (bicyclic) bond motifs is 2. The number of hydrazone groups is 1. The first kappa shape index (κ1) is 18.9. The lowest BCUT2D eigenvalue weighted by Crippen LogP contribution is -2.19. The highest BCUT2D eigenvalue weighted by atomic mass is 16.2. The zero-order chi connectivity index (χ0) is 20.4. The molecule has 2 aromatic carbocycles. The molecule has 2 aromatic heterocycles. The average molecular weight is 384 g/mol. The van der Waals surface area contributed by atoms with Gasteiger partial charge in [0.2, 0.25) is 5.91 Å². The Morgan fingerprint density at radius 2 is 1.97 bits per heavy atom. The summed E-state index contributed by atoms with van der Waals surface area (Å²) in [5, 5.41) is 6.46. The monoisotopic (exact) mass is 384 g/mol. The van der Waals surface area contributed by atoms with E-state index >= 15 is 0 Å². The van der Waals surface area contributed by atoms with Crippen LogP contribution in [-0.2, 0) is 11.3 Å². The Labute approximate surface area is 170 Å².